The monoisotopic (exact) mass is 308 g/mol. The maximum atomic E-state index is 12.9. The molecule has 4 nitrogen and oxygen atoms in total. The number of likely N-dealkylation sites (N-methyl/N-ethyl adjacent to an activating group) is 1. The second-order valence-corrected chi connectivity index (χ2v) is 5.65. The van der Waals surface area contributed by atoms with E-state index < -0.39 is 0 Å². The Morgan fingerprint density at radius 3 is 2.71 bits per heavy atom. The van der Waals surface area contributed by atoms with Gasteiger partial charge in [-0.25, -0.2) is 9.37 Å². The Morgan fingerprint density at radius 2 is 2.10 bits per heavy atom. The summed E-state index contributed by atoms with van der Waals surface area (Å²) in [7, 11) is 0. The molecule has 2 rings (SSSR count). The van der Waals surface area contributed by atoms with Gasteiger partial charge in [-0.1, -0.05) is 12.1 Å². The molecule has 0 fully saturated rings. The highest BCUT2D eigenvalue weighted by atomic mass is 32.1. The van der Waals surface area contributed by atoms with Crippen LogP contribution >= 0.6 is 11.3 Å². The lowest BCUT2D eigenvalue weighted by Gasteiger charge is -2.18. The molecule has 0 aliphatic heterocycles. The van der Waals surface area contributed by atoms with Gasteiger partial charge in [-0.2, -0.15) is 0 Å². The number of nitrogens with zero attached hydrogens (tertiary/aromatic N) is 2. The summed E-state index contributed by atoms with van der Waals surface area (Å²) >= 11 is 1.33. The average molecular weight is 308 g/mol. The molecule has 1 amide bonds. The number of thiazole rings is 1. The highest BCUT2D eigenvalue weighted by molar-refractivity contribution is 7.13. The van der Waals surface area contributed by atoms with Crippen LogP contribution in [0.3, 0.4) is 0 Å². The standard InChI is InChI=1S/C15H17FN2O2S/c1-2-18(7-8-19)15(20)13-10-17-14(21-13)9-11-3-5-12(16)6-4-11/h3-6,10,19H,2,7-9H2,1H3. The molecule has 0 radical (unpaired) electrons. The van der Waals surface area contributed by atoms with Gasteiger partial charge in [0.15, 0.2) is 0 Å². The van der Waals surface area contributed by atoms with Crippen molar-refractivity contribution in [1.82, 2.24) is 9.88 Å². The molecule has 0 bridgehead atoms. The minimum atomic E-state index is -0.267. The molecular formula is C15H17FN2O2S. The van der Waals surface area contributed by atoms with E-state index in [0.717, 1.165) is 10.6 Å². The van der Waals surface area contributed by atoms with E-state index >= 15 is 0 Å². The number of amides is 1. The van der Waals surface area contributed by atoms with E-state index in [0.29, 0.717) is 24.4 Å². The first kappa shape index (κ1) is 15.6. The Kier molecular flexibility index (Phi) is 5.41. The van der Waals surface area contributed by atoms with Gasteiger partial charge in [0.05, 0.1) is 17.8 Å². The molecule has 0 aliphatic carbocycles. The Balaban J connectivity index is 2.07. The number of rotatable bonds is 6. The Hall–Kier alpha value is -1.79. The van der Waals surface area contributed by atoms with Crippen molar-refractivity contribution >= 4 is 17.2 Å². The third-order valence-corrected chi connectivity index (χ3v) is 4.06. The summed E-state index contributed by atoms with van der Waals surface area (Å²) in [4.78, 5) is 18.6. The Labute approximate surface area is 126 Å². The first-order valence-corrected chi connectivity index (χ1v) is 7.55. The number of carbonyl (C=O) groups excluding carboxylic acids is 1. The fourth-order valence-electron chi connectivity index (χ4n) is 1.95. The molecule has 6 heteroatoms. The molecule has 1 N–H and O–H groups in total. The number of halogens is 1. The van der Waals surface area contributed by atoms with E-state index in [9.17, 15) is 9.18 Å². The minimum Gasteiger partial charge on any atom is -0.395 e. The Morgan fingerprint density at radius 1 is 1.38 bits per heavy atom. The number of hydrogen-bond donors (Lipinski definition) is 1. The summed E-state index contributed by atoms with van der Waals surface area (Å²) in [6.45, 7) is 2.68. The Bertz CT molecular complexity index is 598. The third kappa shape index (κ3) is 4.09. The number of aliphatic hydroxyl groups is 1. The van der Waals surface area contributed by atoms with E-state index in [4.69, 9.17) is 5.11 Å². The summed E-state index contributed by atoms with van der Waals surface area (Å²) in [5, 5.41) is 9.76. The molecule has 2 aromatic rings. The number of aliphatic hydroxyl groups excluding tert-OH is 1. The second kappa shape index (κ2) is 7.28. The van der Waals surface area contributed by atoms with E-state index in [-0.39, 0.29) is 18.3 Å². The van der Waals surface area contributed by atoms with E-state index in [1.54, 1.807) is 23.2 Å². The van der Waals surface area contributed by atoms with E-state index in [1.165, 1.54) is 23.5 Å². The van der Waals surface area contributed by atoms with Gasteiger partial charge in [-0.05, 0) is 24.6 Å². The van der Waals surface area contributed by atoms with Crippen molar-refractivity contribution in [1.29, 1.82) is 0 Å². The van der Waals surface area contributed by atoms with E-state index in [1.807, 2.05) is 6.92 Å². The predicted molar refractivity (Wildman–Crippen MR) is 80.0 cm³/mol. The normalized spacial score (nSPS) is 10.6. The molecule has 21 heavy (non-hydrogen) atoms. The van der Waals surface area contributed by atoms with Crippen LogP contribution in [-0.4, -0.2) is 40.6 Å². The molecule has 1 aromatic carbocycles. The summed E-state index contributed by atoms with van der Waals surface area (Å²) in [5.74, 6) is -0.384. The zero-order valence-electron chi connectivity index (χ0n) is 11.8. The lowest BCUT2D eigenvalue weighted by molar-refractivity contribution is 0.0736. The predicted octanol–water partition coefficient (Wildman–Crippen LogP) is 2.33. The molecule has 0 saturated heterocycles. The van der Waals surface area contributed by atoms with Crippen LogP contribution in [0.25, 0.3) is 0 Å². The SMILES string of the molecule is CCN(CCO)C(=O)c1cnc(Cc2ccc(F)cc2)s1. The van der Waals surface area contributed by atoms with Gasteiger partial charge in [0.25, 0.3) is 5.91 Å². The van der Waals surface area contributed by atoms with Crippen molar-refractivity contribution in [3.63, 3.8) is 0 Å². The van der Waals surface area contributed by atoms with Gasteiger partial charge in [-0.3, -0.25) is 4.79 Å². The van der Waals surface area contributed by atoms with Crippen LogP contribution in [0.4, 0.5) is 4.39 Å². The maximum Gasteiger partial charge on any atom is 0.265 e. The van der Waals surface area contributed by atoms with Crippen molar-refractivity contribution in [3.8, 4) is 0 Å². The number of hydrogen-bond acceptors (Lipinski definition) is 4. The van der Waals surface area contributed by atoms with E-state index in [2.05, 4.69) is 4.98 Å². The number of benzene rings is 1. The minimum absolute atomic E-state index is 0.0547. The number of aromatic nitrogens is 1. The van der Waals surface area contributed by atoms with Gasteiger partial charge in [-0.15, -0.1) is 11.3 Å². The maximum absolute atomic E-state index is 12.9. The zero-order valence-corrected chi connectivity index (χ0v) is 12.6. The smallest absolute Gasteiger partial charge is 0.265 e. The first-order valence-electron chi connectivity index (χ1n) is 6.73. The zero-order chi connectivity index (χ0) is 15.2. The van der Waals surface area contributed by atoms with Crippen molar-refractivity contribution in [2.45, 2.75) is 13.3 Å². The number of carbonyl (C=O) groups is 1. The third-order valence-electron chi connectivity index (χ3n) is 3.07. The van der Waals surface area contributed by atoms with Crippen LogP contribution < -0.4 is 0 Å². The van der Waals surface area contributed by atoms with Gasteiger partial charge < -0.3 is 10.0 Å². The fraction of sp³-hybridized carbons (Fsp3) is 0.333. The molecule has 1 heterocycles. The first-order chi connectivity index (χ1) is 10.1. The molecular weight excluding hydrogens is 291 g/mol. The van der Waals surface area contributed by atoms with Gasteiger partial charge in [0.1, 0.15) is 10.7 Å². The highest BCUT2D eigenvalue weighted by Gasteiger charge is 2.16. The van der Waals surface area contributed by atoms with Crippen molar-refractivity contribution in [2.24, 2.45) is 0 Å². The van der Waals surface area contributed by atoms with Crippen molar-refractivity contribution < 1.29 is 14.3 Å². The van der Waals surface area contributed by atoms with Crippen molar-refractivity contribution in [2.75, 3.05) is 19.7 Å². The van der Waals surface area contributed by atoms with Crippen LogP contribution in [0.2, 0.25) is 0 Å². The van der Waals surface area contributed by atoms with Gasteiger partial charge >= 0.3 is 0 Å². The summed E-state index contributed by atoms with van der Waals surface area (Å²) in [5.41, 5.74) is 0.951. The van der Waals surface area contributed by atoms with Crippen LogP contribution in [0, 0.1) is 5.82 Å². The summed E-state index contributed by atoms with van der Waals surface area (Å²) in [6, 6.07) is 6.24. The van der Waals surface area contributed by atoms with Crippen LogP contribution in [0.1, 0.15) is 27.2 Å². The van der Waals surface area contributed by atoms with Crippen LogP contribution in [0.5, 0.6) is 0 Å². The molecule has 0 atom stereocenters. The highest BCUT2D eigenvalue weighted by Crippen LogP contribution is 2.18. The topological polar surface area (TPSA) is 53.4 Å². The molecule has 0 saturated carbocycles. The summed E-state index contributed by atoms with van der Waals surface area (Å²) in [6.07, 6.45) is 2.14. The molecule has 0 spiro atoms. The fourth-order valence-corrected chi connectivity index (χ4v) is 2.87. The van der Waals surface area contributed by atoms with Gasteiger partial charge in [0.2, 0.25) is 0 Å². The van der Waals surface area contributed by atoms with Gasteiger partial charge in [0, 0.05) is 19.5 Å². The summed E-state index contributed by atoms with van der Waals surface area (Å²) < 4.78 is 12.9. The average Bonchev–Trinajstić information content (AvgIpc) is 2.95. The second-order valence-electron chi connectivity index (χ2n) is 4.53. The quantitative estimate of drug-likeness (QED) is 0.891. The molecule has 0 aliphatic rings. The molecule has 1 aromatic heterocycles. The van der Waals surface area contributed by atoms with Crippen molar-refractivity contribution in [3.05, 3.63) is 51.7 Å². The van der Waals surface area contributed by atoms with Crippen LogP contribution in [0.15, 0.2) is 30.5 Å². The lowest BCUT2D eigenvalue weighted by atomic mass is 10.2. The largest absolute Gasteiger partial charge is 0.395 e. The molecule has 0 unspecified atom stereocenters. The molecule has 112 valence electrons. The lowest BCUT2D eigenvalue weighted by Crippen LogP contribution is -2.32. The van der Waals surface area contributed by atoms with Crippen LogP contribution in [-0.2, 0) is 6.42 Å².